The monoisotopic (exact) mass is 305 g/mol. The molecule has 0 aliphatic carbocycles. The van der Waals surface area contributed by atoms with Crippen LogP contribution in [0.3, 0.4) is 0 Å². The van der Waals surface area contributed by atoms with Gasteiger partial charge in [-0.25, -0.2) is 4.98 Å². The third-order valence-electron chi connectivity index (χ3n) is 2.26. The van der Waals surface area contributed by atoms with Gasteiger partial charge in [0, 0.05) is 22.9 Å². The van der Waals surface area contributed by atoms with Gasteiger partial charge in [0.15, 0.2) is 0 Å². The van der Waals surface area contributed by atoms with E-state index in [0.29, 0.717) is 6.54 Å². The summed E-state index contributed by atoms with van der Waals surface area (Å²) >= 11 is 3.38. The van der Waals surface area contributed by atoms with Crippen LogP contribution in [0.25, 0.3) is 6.08 Å². The number of rotatable bonds is 4. The molecule has 2 N–H and O–H groups in total. The lowest BCUT2D eigenvalue weighted by Crippen LogP contribution is -2.20. The number of benzene rings is 1. The number of hydrogen-bond donors (Lipinski definition) is 2. The van der Waals surface area contributed by atoms with E-state index in [-0.39, 0.29) is 5.91 Å². The van der Waals surface area contributed by atoms with Gasteiger partial charge in [0.2, 0.25) is 5.91 Å². The van der Waals surface area contributed by atoms with Crippen molar-refractivity contribution in [3.05, 3.63) is 58.6 Å². The Hall–Kier alpha value is -1.88. The fourth-order valence-corrected chi connectivity index (χ4v) is 1.82. The molecule has 0 saturated heterocycles. The molecule has 1 aromatic heterocycles. The van der Waals surface area contributed by atoms with Gasteiger partial charge in [0.25, 0.3) is 0 Å². The molecular formula is C13H12BrN3O. The summed E-state index contributed by atoms with van der Waals surface area (Å²) in [5.74, 6) is 0.589. The van der Waals surface area contributed by atoms with Gasteiger partial charge < -0.3 is 10.3 Å². The second-order valence-corrected chi connectivity index (χ2v) is 4.56. The zero-order chi connectivity index (χ0) is 12.8. The number of aromatic nitrogens is 2. The second-order valence-electron chi connectivity index (χ2n) is 3.64. The minimum absolute atomic E-state index is 0.147. The van der Waals surface area contributed by atoms with Gasteiger partial charge in [0.1, 0.15) is 5.82 Å². The first-order chi connectivity index (χ1) is 8.74. The highest BCUT2D eigenvalue weighted by atomic mass is 79.9. The van der Waals surface area contributed by atoms with Crippen molar-refractivity contribution in [2.45, 2.75) is 6.54 Å². The number of H-pyrrole nitrogens is 1. The van der Waals surface area contributed by atoms with Crippen molar-refractivity contribution < 1.29 is 4.79 Å². The van der Waals surface area contributed by atoms with Crippen LogP contribution < -0.4 is 5.32 Å². The lowest BCUT2D eigenvalue weighted by molar-refractivity contribution is -0.116. The zero-order valence-corrected chi connectivity index (χ0v) is 11.1. The maximum atomic E-state index is 11.5. The maximum absolute atomic E-state index is 11.5. The Labute approximate surface area is 113 Å². The Morgan fingerprint density at radius 3 is 3.11 bits per heavy atom. The molecule has 4 nitrogen and oxygen atoms in total. The van der Waals surface area contributed by atoms with Gasteiger partial charge in [0.05, 0.1) is 6.54 Å². The summed E-state index contributed by atoms with van der Waals surface area (Å²) in [6.07, 6.45) is 6.64. The standard InChI is InChI=1S/C13H12BrN3O/c14-11-3-1-2-10(8-11)4-5-13(18)17-9-12-15-6-7-16-12/h1-8H,9H2,(H,15,16)(H,17,18). The fourth-order valence-electron chi connectivity index (χ4n) is 1.41. The molecule has 0 fully saturated rings. The van der Waals surface area contributed by atoms with Crippen LogP contribution in [-0.4, -0.2) is 15.9 Å². The van der Waals surface area contributed by atoms with E-state index >= 15 is 0 Å². The Morgan fingerprint density at radius 2 is 2.39 bits per heavy atom. The molecule has 1 amide bonds. The lowest BCUT2D eigenvalue weighted by atomic mass is 10.2. The lowest BCUT2D eigenvalue weighted by Gasteiger charge is -1.98. The van der Waals surface area contributed by atoms with Crippen LogP contribution in [0.15, 0.2) is 47.2 Å². The summed E-state index contributed by atoms with van der Waals surface area (Å²) in [4.78, 5) is 18.5. The summed E-state index contributed by atoms with van der Waals surface area (Å²) < 4.78 is 0.987. The molecule has 0 atom stereocenters. The van der Waals surface area contributed by atoms with E-state index in [1.807, 2.05) is 24.3 Å². The third kappa shape index (κ3) is 3.85. The van der Waals surface area contributed by atoms with Crippen molar-refractivity contribution >= 4 is 27.9 Å². The molecule has 92 valence electrons. The Balaban J connectivity index is 1.87. The minimum Gasteiger partial charge on any atom is -0.347 e. The van der Waals surface area contributed by atoms with E-state index in [9.17, 15) is 4.79 Å². The summed E-state index contributed by atoms with van der Waals surface area (Å²) in [5.41, 5.74) is 0.970. The largest absolute Gasteiger partial charge is 0.347 e. The Kier molecular flexibility index (Phi) is 4.30. The number of hydrogen-bond acceptors (Lipinski definition) is 2. The molecule has 1 aromatic carbocycles. The first-order valence-corrected chi connectivity index (χ1v) is 6.23. The van der Waals surface area contributed by atoms with Gasteiger partial charge in [-0.05, 0) is 23.8 Å². The Morgan fingerprint density at radius 1 is 1.50 bits per heavy atom. The molecule has 0 spiro atoms. The number of nitrogens with zero attached hydrogens (tertiary/aromatic N) is 1. The van der Waals surface area contributed by atoms with E-state index in [1.165, 1.54) is 6.08 Å². The molecule has 2 aromatic rings. The molecule has 0 bridgehead atoms. The van der Waals surface area contributed by atoms with E-state index in [1.54, 1.807) is 18.5 Å². The average Bonchev–Trinajstić information content (AvgIpc) is 2.87. The van der Waals surface area contributed by atoms with Gasteiger partial charge in [-0.2, -0.15) is 0 Å². The van der Waals surface area contributed by atoms with Crippen LogP contribution in [0, 0.1) is 0 Å². The van der Waals surface area contributed by atoms with Crippen LogP contribution >= 0.6 is 15.9 Å². The Bertz CT molecular complexity index is 549. The quantitative estimate of drug-likeness (QED) is 0.853. The fraction of sp³-hybridized carbons (Fsp3) is 0.0769. The summed E-state index contributed by atoms with van der Waals surface area (Å²) in [6, 6.07) is 7.73. The zero-order valence-electron chi connectivity index (χ0n) is 9.56. The van der Waals surface area contributed by atoms with Crippen molar-refractivity contribution in [2.24, 2.45) is 0 Å². The molecule has 18 heavy (non-hydrogen) atoms. The second kappa shape index (κ2) is 6.16. The molecular weight excluding hydrogens is 294 g/mol. The van der Waals surface area contributed by atoms with Gasteiger partial charge in [-0.1, -0.05) is 28.1 Å². The molecule has 5 heteroatoms. The summed E-state index contributed by atoms with van der Waals surface area (Å²) in [6.45, 7) is 0.397. The van der Waals surface area contributed by atoms with Crippen molar-refractivity contribution in [1.29, 1.82) is 0 Å². The molecule has 2 rings (SSSR count). The van der Waals surface area contributed by atoms with Crippen molar-refractivity contribution in [1.82, 2.24) is 15.3 Å². The normalized spacial score (nSPS) is 10.7. The highest BCUT2D eigenvalue weighted by molar-refractivity contribution is 9.10. The van der Waals surface area contributed by atoms with E-state index in [4.69, 9.17) is 0 Å². The predicted molar refractivity (Wildman–Crippen MR) is 73.6 cm³/mol. The molecule has 0 aliphatic rings. The number of aromatic amines is 1. The number of imidazole rings is 1. The number of carbonyl (C=O) groups is 1. The topological polar surface area (TPSA) is 57.8 Å². The minimum atomic E-state index is -0.147. The van der Waals surface area contributed by atoms with E-state index < -0.39 is 0 Å². The number of carbonyl (C=O) groups excluding carboxylic acids is 1. The van der Waals surface area contributed by atoms with Crippen molar-refractivity contribution in [3.63, 3.8) is 0 Å². The van der Waals surface area contributed by atoms with Crippen LogP contribution in [0.2, 0.25) is 0 Å². The predicted octanol–water partition coefficient (Wildman–Crippen LogP) is 2.50. The number of halogens is 1. The molecule has 0 saturated carbocycles. The smallest absolute Gasteiger partial charge is 0.244 e. The summed E-state index contributed by atoms with van der Waals surface area (Å²) in [7, 11) is 0. The first-order valence-electron chi connectivity index (χ1n) is 5.44. The highest BCUT2D eigenvalue weighted by Crippen LogP contribution is 2.12. The van der Waals surface area contributed by atoms with Crippen molar-refractivity contribution in [2.75, 3.05) is 0 Å². The van der Waals surface area contributed by atoms with E-state index in [2.05, 4.69) is 31.2 Å². The van der Waals surface area contributed by atoms with Crippen molar-refractivity contribution in [3.8, 4) is 0 Å². The van der Waals surface area contributed by atoms with Gasteiger partial charge in [-0.15, -0.1) is 0 Å². The molecule has 0 radical (unpaired) electrons. The number of nitrogens with one attached hydrogen (secondary N) is 2. The SMILES string of the molecule is O=C(C=Cc1cccc(Br)c1)NCc1ncc[nH]1. The van der Waals surface area contributed by atoms with E-state index in [0.717, 1.165) is 15.9 Å². The summed E-state index contributed by atoms with van der Waals surface area (Å²) in [5, 5.41) is 2.74. The van der Waals surface area contributed by atoms with Crippen LogP contribution in [0.5, 0.6) is 0 Å². The number of amides is 1. The van der Waals surface area contributed by atoms with Crippen LogP contribution in [-0.2, 0) is 11.3 Å². The molecule has 1 heterocycles. The molecule has 0 aliphatic heterocycles. The van der Waals surface area contributed by atoms with Crippen LogP contribution in [0.4, 0.5) is 0 Å². The maximum Gasteiger partial charge on any atom is 0.244 e. The molecule has 0 unspecified atom stereocenters. The van der Waals surface area contributed by atoms with Gasteiger partial charge >= 0.3 is 0 Å². The van der Waals surface area contributed by atoms with Gasteiger partial charge in [-0.3, -0.25) is 4.79 Å². The third-order valence-corrected chi connectivity index (χ3v) is 2.75. The first kappa shape index (κ1) is 12.6. The highest BCUT2D eigenvalue weighted by Gasteiger charge is 1.97. The van der Waals surface area contributed by atoms with Crippen LogP contribution in [0.1, 0.15) is 11.4 Å². The average molecular weight is 306 g/mol.